The van der Waals surface area contributed by atoms with Crippen LogP contribution in [0.2, 0.25) is 5.02 Å². The molecule has 1 aromatic heterocycles. The Hall–Kier alpha value is -2.39. The number of para-hydroxylation sites is 1. The van der Waals surface area contributed by atoms with Crippen LogP contribution < -0.4 is 5.32 Å². The number of fused-ring (bicyclic) bond motifs is 1. The van der Waals surface area contributed by atoms with E-state index in [-0.39, 0.29) is 11.9 Å². The average Bonchev–Trinajstić information content (AvgIpc) is 2.69. The molecule has 1 amide bonds. The van der Waals surface area contributed by atoms with E-state index in [1.807, 2.05) is 54.6 Å². The highest BCUT2D eigenvalue weighted by molar-refractivity contribution is 6.30. The first-order valence-corrected chi connectivity index (χ1v) is 9.96. The van der Waals surface area contributed by atoms with Gasteiger partial charge in [0.15, 0.2) is 0 Å². The van der Waals surface area contributed by atoms with Gasteiger partial charge in [-0.2, -0.15) is 0 Å². The van der Waals surface area contributed by atoms with Crippen LogP contribution in [-0.4, -0.2) is 16.9 Å². The van der Waals surface area contributed by atoms with Gasteiger partial charge in [-0.3, -0.25) is 4.79 Å². The predicted octanol–water partition coefficient (Wildman–Crippen LogP) is 5.86. The number of carbonyl (C=O) groups excluding carboxylic acids is 1. The van der Waals surface area contributed by atoms with Crippen molar-refractivity contribution in [3.8, 4) is 11.3 Å². The smallest absolute Gasteiger partial charge is 0.252 e. The number of carbonyl (C=O) groups is 1. The highest BCUT2D eigenvalue weighted by Gasteiger charge is 2.24. The number of aromatic nitrogens is 1. The van der Waals surface area contributed by atoms with Crippen LogP contribution in [0.1, 0.15) is 43.0 Å². The zero-order valence-electron chi connectivity index (χ0n) is 15.4. The molecule has 0 aliphatic heterocycles. The third-order valence-corrected chi connectivity index (χ3v) is 5.78. The van der Waals surface area contributed by atoms with Gasteiger partial charge in [0.1, 0.15) is 0 Å². The Morgan fingerprint density at radius 2 is 1.81 bits per heavy atom. The summed E-state index contributed by atoms with van der Waals surface area (Å²) < 4.78 is 0. The molecule has 1 saturated carbocycles. The fraction of sp³-hybridized carbons (Fsp3) is 0.304. The first-order valence-electron chi connectivity index (χ1n) is 9.58. The van der Waals surface area contributed by atoms with Gasteiger partial charge < -0.3 is 5.32 Å². The van der Waals surface area contributed by atoms with Gasteiger partial charge in [0.25, 0.3) is 5.91 Å². The summed E-state index contributed by atoms with van der Waals surface area (Å²) in [6, 6.07) is 17.5. The lowest BCUT2D eigenvalue weighted by Gasteiger charge is -2.29. The molecule has 4 rings (SSSR count). The van der Waals surface area contributed by atoms with Gasteiger partial charge in [-0.25, -0.2) is 4.98 Å². The van der Waals surface area contributed by atoms with Crippen LogP contribution in [-0.2, 0) is 0 Å². The highest BCUT2D eigenvalue weighted by Crippen LogP contribution is 2.28. The molecule has 1 N–H and O–H groups in total. The molecule has 0 saturated heterocycles. The van der Waals surface area contributed by atoms with Crippen molar-refractivity contribution < 1.29 is 4.79 Å². The minimum Gasteiger partial charge on any atom is -0.349 e. The number of nitrogens with zero attached hydrogens (tertiary/aromatic N) is 1. The van der Waals surface area contributed by atoms with Gasteiger partial charge in [0.05, 0.1) is 16.8 Å². The number of hydrogen-bond acceptors (Lipinski definition) is 2. The van der Waals surface area contributed by atoms with Crippen molar-refractivity contribution in [3.63, 3.8) is 0 Å². The molecule has 4 heteroatoms. The third-order valence-electron chi connectivity index (χ3n) is 5.53. The van der Waals surface area contributed by atoms with Crippen LogP contribution >= 0.6 is 11.6 Å². The molecular formula is C23H23ClN2O. The van der Waals surface area contributed by atoms with Crippen molar-refractivity contribution in [1.82, 2.24) is 10.3 Å². The SMILES string of the molecule is C[C@H]1CCCC[C@@H]1NC(=O)c1cc(-c2ccc(Cl)cc2)nc2ccccc12. The summed E-state index contributed by atoms with van der Waals surface area (Å²) >= 11 is 6.01. The van der Waals surface area contributed by atoms with Crippen LogP contribution in [0.5, 0.6) is 0 Å². The molecule has 138 valence electrons. The Labute approximate surface area is 164 Å². The zero-order valence-corrected chi connectivity index (χ0v) is 16.2. The Morgan fingerprint density at radius 3 is 2.59 bits per heavy atom. The Kier molecular flexibility index (Phi) is 5.13. The van der Waals surface area contributed by atoms with Crippen molar-refractivity contribution in [2.45, 2.75) is 38.6 Å². The highest BCUT2D eigenvalue weighted by atomic mass is 35.5. The maximum absolute atomic E-state index is 13.2. The van der Waals surface area contributed by atoms with E-state index in [2.05, 4.69) is 12.2 Å². The van der Waals surface area contributed by atoms with Crippen molar-refractivity contribution in [2.75, 3.05) is 0 Å². The van der Waals surface area contributed by atoms with E-state index in [1.54, 1.807) is 0 Å². The summed E-state index contributed by atoms with van der Waals surface area (Å²) in [5.74, 6) is 0.508. The van der Waals surface area contributed by atoms with E-state index >= 15 is 0 Å². The molecule has 1 aliphatic rings. The average molecular weight is 379 g/mol. The van der Waals surface area contributed by atoms with Crippen LogP contribution in [0.15, 0.2) is 54.6 Å². The zero-order chi connectivity index (χ0) is 18.8. The Morgan fingerprint density at radius 1 is 1.07 bits per heavy atom. The molecule has 27 heavy (non-hydrogen) atoms. The van der Waals surface area contributed by atoms with E-state index in [0.29, 0.717) is 16.5 Å². The van der Waals surface area contributed by atoms with E-state index in [4.69, 9.17) is 16.6 Å². The van der Waals surface area contributed by atoms with Gasteiger partial charge in [0, 0.05) is 22.0 Å². The fourth-order valence-corrected chi connectivity index (χ4v) is 4.03. The maximum atomic E-state index is 13.2. The quantitative estimate of drug-likeness (QED) is 0.619. The first-order chi connectivity index (χ1) is 13.1. The molecule has 0 spiro atoms. The Balaban J connectivity index is 1.74. The summed E-state index contributed by atoms with van der Waals surface area (Å²) in [7, 11) is 0. The second-order valence-electron chi connectivity index (χ2n) is 7.42. The molecule has 2 aromatic carbocycles. The van der Waals surface area contributed by atoms with E-state index in [9.17, 15) is 4.79 Å². The topological polar surface area (TPSA) is 42.0 Å². The second kappa shape index (κ2) is 7.69. The van der Waals surface area contributed by atoms with Gasteiger partial charge in [-0.1, -0.05) is 61.7 Å². The van der Waals surface area contributed by atoms with Crippen LogP contribution in [0.3, 0.4) is 0 Å². The normalized spacial score (nSPS) is 19.8. The molecule has 2 atom stereocenters. The molecule has 1 aliphatic carbocycles. The molecule has 0 unspecified atom stereocenters. The van der Waals surface area contributed by atoms with Crippen LogP contribution in [0.25, 0.3) is 22.2 Å². The summed E-state index contributed by atoms with van der Waals surface area (Å²) in [5, 5.41) is 4.85. The van der Waals surface area contributed by atoms with Crippen molar-refractivity contribution in [3.05, 3.63) is 65.2 Å². The lowest BCUT2D eigenvalue weighted by molar-refractivity contribution is 0.0912. The monoisotopic (exact) mass is 378 g/mol. The van der Waals surface area contributed by atoms with E-state index < -0.39 is 0 Å². The predicted molar refractivity (Wildman–Crippen MR) is 111 cm³/mol. The molecule has 1 heterocycles. The molecule has 1 fully saturated rings. The lowest BCUT2D eigenvalue weighted by atomic mass is 9.85. The first kappa shape index (κ1) is 18.0. The number of nitrogens with one attached hydrogen (secondary N) is 1. The van der Waals surface area contributed by atoms with Crippen molar-refractivity contribution in [2.24, 2.45) is 5.92 Å². The van der Waals surface area contributed by atoms with Gasteiger partial charge in [0.2, 0.25) is 0 Å². The molecule has 3 aromatic rings. The fourth-order valence-electron chi connectivity index (χ4n) is 3.91. The molecular weight excluding hydrogens is 356 g/mol. The number of benzene rings is 2. The van der Waals surface area contributed by atoms with Gasteiger partial charge >= 0.3 is 0 Å². The van der Waals surface area contributed by atoms with Crippen LogP contribution in [0, 0.1) is 5.92 Å². The van der Waals surface area contributed by atoms with Crippen LogP contribution in [0.4, 0.5) is 0 Å². The van der Waals surface area contributed by atoms with Gasteiger partial charge in [-0.05, 0) is 43.0 Å². The number of rotatable bonds is 3. The summed E-state index contributed by atoms with van der Waals surface area (Å²) in [5.41, 5.74) is 3.24. The number of pyridine rings is 1. The van der Waals surface area contributed by atoms with Gasteiger partial charge in [-0.15, -0.1) is 0 Å². The summed E-state index contributed by atoms with van der Waals surface area (Å²) in [6.45, 7) is 2.23. The Bertz CT molecular complexity index is 968. The number of halogens is 1. The number of amides is 1. The maximum Gasteiger partial charge on any atom is 0.252 e. The standard InChI is InChI=1S/C23H23ClN2O/c1-15-6-2-4-8-20(15)26-23(27)19-14-22(16-10-12-17(24)13-11-16)25-21-9-5-3-7-18(19)21/h3,5,7,9-15,20H,2,4,6,8H2,1H3,(H,26,27)/t15-,20-/m0/s1. The van der Waals surface area contributed by atoms with E-state index in [1.165, 1.54) is 19.3 Å². The minimum atomic E-state index is -0.0115. The second-order valence-corrected chi connectivity index (χ2v) is 7.86. The summed E-state index contributed by atoms with van der Waals surface area (Å²) in [6.07, 6.45) is 4.67. The van der Waals surface area contributed by atoms with Crippen molar-refractivity contribution >= 4 is 28.4 Å². The molecule has 0 bridgehead atoms. The lowest BCUT2D eigenvalue weighted by Crippen LogP contribution is -2.41. The third kappa shape index (κ3) is 3.84. The van der Waals surface area contributed by atoms with Crippen molar-refractivity contribution in [1.29, 1.82) is 0 Å². The minimum absolute atomic E-state index is 0.0115. The largest absolute Gasteiger partial charge is 0.349 e. The summed E-state index contributed by atoms with van der Waals surface area (Å²) in [4.78, 5) is 17.9. The number of hydrogen-bond donors (Lipinski definition) is 1. The van der Waals surface area contributed by atoms with E-state index in [0.717, 1.165) is 28.6 Å². The molecule has 3 nitrogen and oxygen atoms in total. The molecule has 0 radical (unpaired) electrons.